The number of nitrogens with zero attached hydrogens (tertiary/aromatic N) is 2. The molecule has 1 saturated heterocycles. The number of aliphatic hydroxyl groups is 1. The van der Waals surface area contributed by atoms with E-state index in [1.807, 2.05) is 26.0 Å². The number of carbonyl (C=O) groups is 2. The number of hydrogen-bond acceptors (Lipinski definition) is 5. The number of benzene rings is 3. The summed E-state index contributed by atoms with van der Waals surface area (Å²) in [6.45, 7) is 3.88. The van der Waals surface area contributed by atoms with Crippen LogP contribution in [0.25, 0.3) is 16.0 Å². The number of Topliss-reactive ketones (excluding diaryl/α,β-unsaturated/α-hetero) is 1. The first-order chi connectivity index (χ1) is 16.3. The van der Waals surface area contributed by atoms with Crippen molar-refractivity contribution in [3.8, 4) is 0 Å². The number of anilines is 1. The third-order valence-corrected chi connectivity index (χ3v) is 7.04. The van der Waals surface area contributed by atoms with Crippen LogP contribution in [0.1, 0.15) is 28.3 Å². The fourth-order valence-corrected chi connectivity index (χ4v) is 5.54. The number of ketones is 1. The van der Waals surface area contributed by atoms with Gasteiger partial charge in [0, 0.05) is 16.1 Å². The van der Waals surface area contributed by atoms with Crippen molar-refractivity contribution < 1.29 is 19.1 Å². The van der Waals surface area contributed by atoms with Gasteiger partial charge in [-0.05, 0) is 61.4 Å². The predicted octanol–water partition coefficient (Wildman–Crippen LogP) is 6.33. The summed E-state index contributed by atoms with van der Waals surface area (Å²) in [5, 5.41) is 11.8. The lowest BCUT2D eigenvalue weighted by Gasteiger charge is -2.23. The first kappa shape index (κ1) is 22.3. The Labute approximate surface area is 203 Å². The maximum atomic E-state index is 15.0. The Morgan fingerprint density at radius 3 is 2.50 bits per heavy atom. The molecule has 2 heterocycles. The summed E-state index contributed by atoms with van der Waals surface area (Å²) < 4.78 is 15.9. The standard InChI is InChI=1S/C26H18ClFN2O3S/c1-13-11-14(2)21-19(12-13)34-26(29-21)30-22(17-5-3-4-6-18(17)28)20(24(32)25(30)33)23(31)15-7-9-16(27)10-8-15/h3-12,22,31H,1-2H3/b23-20+/t22-/m1/s1. The van der Waals surface area contributed by atoms with Crippen LogP contribution in [0.4, 0.5) is 9.52 Å². The minimum absolute atomic E-state index is 0.0874. The monoisotopic (exact) mass is 492 g/mol. The number of rotatable bonds is 3. The number of halogens is 2. The Balaban J connectivity index is 1.76. The van der Waals surface area contributed by atoms with Gasteiger partial charge in [-0.3, -0.25) is 14.5 Å². The number of carbonyl (C=O) groups excluding carboxylic acids is 2. The molecule has 0 bridgehead atoms. The van der Waals surface area contributed by atoms with Gasteiger partial charge in [-0.15, -0.1) is 0 Å². The highest BCUT2D eigenvalue weighted by molar-refractivity contribution is 7.22. The molecule has 0 radical (unpaired) electrons. The molecule has 0 spiro atoms. The van der Waals surface area contributed by atoms with Crippen LogP contribution < -0.4 is 4.90 Å². The summed E-state index contributed by atoms with van der Waals surface area (Å²) in [6.07, 6.45) is 0. The Morgan fingerprint density at radius 2 is 1.79 bits per heavy atom. The second kappa shape index (κ2) is 8.34. The molecule has 5 rings (SSSR count). The smallest absolute Gasteiger partial charge is 0.301 e. The molecule has 170 valence electrons. The maximum Gasteiger partial charge on any atom is 0.301 e. The van der Waals surface area contributed by atoms with E-state index in [-0.39, 0.29) is 16.3 Å². The van der Waals surface area contributed by atoms with Crippen LogP contribution >= 0.6 is 22.9 Å². The molecule has 3 aromatic carbocycles. The molecule has 0 saturated carbocycles. The molecular weight excluding hydrogens is 475 g/mol. The molecule has 8 heteroatoms. The third-order valence-electron chi connectivity index (χ3n) is 5.79. The Bertz CT molecular complexity index is 1510. The number of thiazole rings is 1. The molecule has 1 aromatic heterocycles. The van der Waals surface area contributed by atoms with Crippen molar-refractivity contribution in [2.75, 3.05) is 4.90 Å². The number of hydrogen-bond donors (Lipinski definition) is 1. The minimum Gasteiger partial charge on any atom is -0.507 e. The fourth-order valence-electron chi connectivity index (χ4n) is 4.25. The largest absolute Gasteiger partial charge is 0.507 e. The molecular formula is C26H18ClFN2O3S. The van der Waals surface area contributed by atoms with Gasteiger partial charge < -0.3 is 5.11 Å². The van der Waals surface area contributed by atoms with Crippen LogP contribution in [-0.2, 0) is 9.59 Å². The third kappa shape index (κ3) is 3.57. The summed E-state index contributed by atoms with van der Waals surface area (Å²) in [7, 11) is 0. The molecule has 4 aromatic rings. The van der Waals surface area contributed by atoms with Gasteiger partial charge in [0.2, 0.25) is 0 Å². The second-order valence-electron chi connectivity index (χ2n) is 8.12. The summed E-state index contributed by atoms with van der Waals surface area (Å²) in [6, 6.07) is 14.8. The summed E-state index contributed by atoms with van der Waals surface area (Å²) in [5.41, 5.74) is 2.85. The normalized spacial score (nSPS) is 17.6. The molecule has 1 N–H and O–H groups in total. The quantitative estimate of drug-likeness (QED) is 0.206. The highest BCUT2D eigenvalue weighted by atomic mass is 35.5. The second-order valence-corrected chi connectivity index (χ2v) is 9.57. The summed E-state index contributed by atoms with van der Waals surface area (Å²) in [5.74, 6) is -2.79. The molecule has 1 aliphatic rings. The van der Waals surface area contributed by atoms with E-state index in [0.29, 0.717) is 16.1 Å². The number of aryl methyl sites for hydroxylation is 2. The van der Waals surface area contributed by atoms with Gasteiger partial charge in [-0.2, -0.15) is 0 Å². The average molecular weight is 493 g/mol. The van der Waals surface area contributed by atoms with E-state index < -0.39 is 29.3 Å². The highest BCUT2D eigenvalue weighted by Gasteiger charge is 2.49. The first-order valence-electron chi connectivity index (χ1n) is 10.5. The van der Waals surface area contributed by atoms with Gasteiger partial charge >= 0.3 is 5.91 Å². The van der Waals surface area contributed by atoms with Crippen molar-refractivity contribution in [1.82, 2.24) is 4.98 Å². The van der Waals surface area contributed by atoms with Crippen LogP contribution in [0, 0.1) is 19.7 Å². The number of aromatic nitrogens is 1. The number of aliphatic hydroxyl groups excluding tert-OH is 1. The first-order valence-corrected chi connectivity index (χ1v) is 11.6. The van der Waals surface area contributed by atoms with Crippen molar-refractivity contribution >= 4 is 55.7 Å². The van der Waals surface area contributed by atoms with Gasteiger partial charge in [0.05, 0.1) is 15.8 Å². The SMILES string of the molecule is Cc1cc(C)c2nc(N3C(=O)C(=O)/C(=C(/O)c4ccc(Cl)cc4)[C@H]3c3ccccc3F)sc2c1. The zero-order valence-electron chi connectivity index (χ0n) is 18.2. The average Bonchev–Trinajstić information content (AvgIpc) is 3.33. The van der Waals surface area contributed by atoms with Gasteiger partial charge in [0.15, 0.2) is 5.13 Å². The summed E-state index contributed by atoms with van der Waals surface area (Å²) in [4.78, 5) is 32.3. The van der Waals surface area contributed by atoms with E-state index >= 15 is 4.39 Å². The van der Waals surface area contributed by atoms with Crippen molar-refractivity contribution in [3.63, 3.8) is 0 Å². The van der Waals surface area contributed by atoms with Gasteiger partial charge in [0.25, 0.3) is 5.78 Å². The molecule has 1 aliphatic heterocycles. The Morgan fingerprint density at radius 1 is 1.09 bits per heavy atom. The van der Waals surface area contributed by atoms with E-state index in [0.717, 1.165) is 15.8 Å². The molecule has 1 amide bonds. The van der Waals surface area contributed by atoms with E-state index in [1.165, 1.54) is 46.6 Å². The lowest BCUT2D eigenvalue weighted by Crippen LogP contribution is -2.29. The van der Waals surface area contributed by atoms with Crippen LogP contribution in [0.15, 0.2) is 66.2 Å². The maximum absolute atomic E-state index is 15.0. The highest BCUT2D eigenvalue weighted by Crippen LogP contribution is 2.45. The zero-order chi connectivity index (χ0) is 24.1. The number of amides is 1. The molecule has 0 aliphatic carbocycles. The molecule has 0 unspecified atom stereocenters. The minimum atomic E-state index is -1.18. The van der Waals surface area contributed by atoms with Crippen LogP contribution in [0.3, 0.4) is 0 Å². The van der Waals surface area contributed by atoms with Crippen LogP contribution in [0.5, 0.6) is 0 Å². The zero-order valence-corrected chi connectivity index (χ0v) is 19.7. The molecule has 5 nitrogen and oxygen atoms in total. The lowest BCUT2D eigenvalue weighted by atomic mass is 9.95. The van der Waals surface area contributed by atoms with Gasteiger partial charge in [-0.1, -0.05) is 47.2 Å². The van der Waals surface area contributed by atoms with Crippen LogP contribution in [-0.4, -0.2) is 21.8 Å². The molecule has 1 fully saturated rings. The molecule has 1 atom stereocenters. The van der Waals surface area contributed by atoms with E-state index in [1.54, 1.807) is 18.2 Å². The van der Waals surface area contributed by atoms with Crippen LogP contribution in [0.2, 0.25) is 5.02 Å². The van der Waals surface area contributed by atoms with E-state index in [4.69, 9.17) is 11.6 Å². The van der Waals surface area contributed by atoms with Gasteiger partial charge in [-0.25, -0.2) is 9.37 Å². The predicted molar refractivity (Wildman–Crippen MR) is 132 cm³/mol. The fraction of sp³-hybridized carbons (Fsp3) is 0.115. The lowest BCUT2D eigenvalue weighted by molar-refractivity contribution is -0.132. The molecule has 34 heavy (non-hydrogen) atoms. The van der Waals surface area contributed by atoms with E-state index in [9.17, 15) is 14.7 Å². The van der Waals surface area contributed by atoms with Crippen molar-refractivity contribution in [2.24, 2.45) is 0 Å². The van der Waals surface area contributed by atoms with Gasteiger partial charge in [0.1, 0.15) is 17.6 Å². The summed E-state index contributed by atoms with van der Waals surface area (Å²) >= 11 is 7.20. The topological polar surface area (TPSA) is 70.5 Å². The van der Waals surface area contributed by atoms with Crippen molar-refractivity contribution in [3.05, 3.63) is 99.3 Å². The van der Waals surface area contributed by atoms with E-state index in [2.05, 4.69) is 4.98 Å². The van der Waals surface area contributed by atoms with Crippen molar-refractivity contribution in [1.29, 1.82) is 0 Å². The Hall–Kier alpha value is -3.55. The van der Waals surface area contributed by atoms with Crippen molar-refractivity contribution in [2.45, 2.75) is 19.9 Å². The number of fused-ring (bicyclic) bond motifs is 1. The Kier molecular flexibility index (Phi) is 5.46.